The van der Waals surface area contributed by atoms with Crippen LogP contribution in [0.1, 0.15) is 24.4 Å². The first kappa shape index (κ1) is 14.7. The van der Waals surface area contributed by atoms with Crippen molar-refractivity contribution in [1.82, 2.24) is 4.98 Å². The highest BCUT2D eigenvalue weighted by molar-refractivity contribution is 7.91. The molecule has 0 atom stereocenters. The van der Waals surface area contributed by atoms with Crippen LogP contribution in [0.25, 0.3) is 11.3 Å². The lowest BCUT2D eigenvalue weighted by Crippen LogP contribution is -2.27. The van der Waals surface area contributed by atoms with Crippen LogP contribution in [0, 0.1) is 11.3 Å². The smallest absolute Gasteiger partial charge is 0.159 e. The minimum Gasteiger partial charge on any atom is -0.240 e. The van der Waals surface area contributed by atoms with Gasteiger partial charge in [0.05, 0.1) is 17.3 Å². The quantitative estimate of drug-likeness (QED) is 0.874. The summed E-state index contributed by atoms with van der Waals surface area (Å²) in [6.07, 6.45) is 1.21. The Balaban J connectivity index is 2.47. The van der Waals surface area contributed by atoms with Crippen LogP contribution in [0.5, 0.6) is 0 Å². The summed E-state index contributed by atoms with van der Waals surface area (Å²) in [6.45, 7) is 3.30. The van der Waals surface area contributed by atoms with Gasteiger partial charge in [0.25, 0.3) is 0 Å². The molecule has 0 unspecified atom stereocenters. The summed E-state index contributed by atoms with van der Waals surface area (Å²) in [6, 6.07) is 9.18. The van der Waals surface area contributed by atoms with Gasteiger partial charge in [-0.15, -0.1) is 11.3 Å². The van der Waals surface area contributed by atoms with E-state index in [0.717, 1.165) is 5.56 Å². The fourth-order valence-electron chi connectivity index (χ4n) is 1.59. The highest BCUT2D eigenvalue weighted by Gasteiger charge is 2.35. The van der Waals surface area contributed by atoms with Crippen molar-refractivity contribution >= 4 is 21.2 Å². The molecule has 0 saturated carbocycles. The van der Waals surface area contributed by atoms with Crippen LogP contribution >= 0.6 is 11.3 Å². The van der Waals surface area contributed by atoms with E-state index < -0.39 is 14.6 Å². The molecule has 0 radical (unpaired) electrons. The van der Waals surface area contributed by atoms with Gasteiger partial charge in [0, 0.05) is 17.2 Å². The first-order chi connectivity index (χ1) is 9.25. The van der Waals surface area contributed by atoms with E-state index in [-0.39, 0.29) is 0 Å². The van der Waals surface area contributed by atoms with Gasteiger partial charge in [-0.3, -0.25) is 0 Å². The number of hydrogen-bond acceptors (Lipinski definition) is 5. The first-order valence-electron chi connectivity index (χ1n) is 5.92. The molecule has 2 rings (SSSR count). The SMILES string of the molecule is CC(C)(c1nc(-c2cccc(C#N)c2)cs1)S(C)(=O)=O. The number of thiazole rings is 1. The number of hydrogen-bond donors (Lipinski definition) is 0. The molecule has 0 spiro atoms. The first-order valence-corrected chi connectivity index (χ1v) is 8.69. The highest BCUT2D eigenvalue weighted by atomic mass is 32.2. The highest BCUT2D eigenvalue weighted by Crippen LogP contribution is 2.34. The Hall–Kier alpha value is -1.71. The minimum atomic E-state index is -3.24. The molecule has 0 aliphatic rings. The average Bonchev–Trinajstić information content (AvgIpc) is 2.87. The second-order valence-electron chi connectivity index (χ2n) is 5.01. The second-order valence-corrected chi connectivity index (χ2v) is 8.44. The van der Waals surface area contributed by atoms with Gasteiger partial charge >= 0.3 is 0 Å². The van der Waals surface area contributed by atoms with Crippen molar-refractivity contribution in [1.29, 1.82) is 5.26 Å². The van der Waals surface area contributed by atoms with Crippen LogP contribution in [0.2, 0.25) is 0 Å². The van der Waals surface area contributed by atoms with E-state index in [2.05, 4.69) is 11.1 Å². The summed E-state index contributed by atoms with van der Waals surface area (Å²) in [7, 11) is -3.24. The lowest BCUT2D eigenvalue weighted by molar-refractivity contribution is 0.560. The van der Waals surface area contributed by atoms with Crippen LogP contribution in [-0.4, -0.2) is 19.7 Å². The lowest BCUT2D eigenvalue weighted by Gasteiger charge is -2.19. The molecule has 2 aromatic rings. The Kier molecular flexibility index (Phi) is 3.67. The number of nitrogens with zero attached hydrogens (tertiary/aromatic N) is 2. The van der Waals surface area contributed by atoms with Crippen LogP contribution < -0.4 is 0 Å². The lowest BCUT2D eigenvalue weighted by atomic mass is 10.1. The average molecular weight is 306 g/mol. The Morgan fingerprint density at radius 3 is 2.65 bits per heavy atom. The van der Waals surface area contributed by atoms with Gasteiger partial charge in [0.15, 0.2) is 9.84 Å². The second kappa shape index (κ2) is 5.00. The van der Waals surface area contributed by atoms with Crippen molar-refractivity contribution in [3.8, 4) is 17.3 Å². The van der Waals surface area contributed by atoms with Gasteiger partial charge in [0.1, 0.15) is 9.75 Å². The number of rotatable bonds is 3. The summed E-state index contributed by atoms with van der Waals surface area (Å²) in [5, 5.41) is 11.3. The minimum absolute atomic E-state index is 0.553. The molecule has 0 N–H and O–H groups in total. The van der Waals surface area contributed by atoms with Gasteiger partial charge in [-0.1, -0.05) is 12.1 Å². The molecule has 4 nitrogen and oxygen atoms in total. The van der Waals surface area contributed by atoms with Crippen molar-refractivity contribution in [2.24, 2.45) is 0 Å². The standard InChI is InChI=1S/C14H14N2O2S2/c1-14(2,20(3,17)18)13-16-12(9-19-13)11-6-4-5-10(7-11)8-15/h4-7,9H,1-3H3. The van der Waals surface area contributed by atoms with Gasteiger partial charge in [-0.2, -0.15) is 5.26 Å². The molecule has 20 heavy (non-hydrogen) atoms. The van der Waals surface area contributed by atoms with Crippen LogP contribution in [0.4, 0.5) is 0 Å². The predicted octanol–water partition coefficient (Wildman–Crippen LogP) is 2.96. The predicted molar refractivity (Wildman–Crippen MR) is 80.1 cm³/mol. The maximum Gasteiger partial charge on any atom is 0.159 e. The van der Waals surface area contributed by atoms with Gasteiger partial charge in [-0.05, 0) is 26.0 Å². The van der Waals surface area contributed by atoms with Crippen LogP contribution in [0.15, 0.2) is 29.6 Å². The summed E-state index contributed by atoms with van der Waals surface area (Å²) in [5.74, 6) is 0. The third-order valence-electron chi connectivity index (χ3n) is 3.23. The van der Waals surface area contributed by atoms with E-state index in [9.17, 15) is 8.42 Å². The van der Waals surface area contributed by atoms with Crippen molar-refractivity contribution < 1.29 is 8.42 Å². The molecular weight excluding hydrogens is 292 g/mol. The monoisotopic (exact) mass is 306 g/mol. The number of benzene rings is 1. The summed E-state index contributed by atoms with van der Waals surface area (Å²) in [4.78, 5) is 4.42. The van der Waals surface area contributed by atoms with E-state index in [1.54, 1.807) is 32.0 Å². The Labute approximate surface area is 122 Å². The Morgan fingerprint density at radius 2 is 2.05 bits per heavy atom. The zero-order valence-electron chi connectivity index (χ0n) is 11.4. The molecule has 0 fully saturated rings. The third kappa shape index (κ3) is 2.60. The normalized spacial score (nSPS) is 12.1. The zero-order chi connectivity index (χ0) is 15.0. The van der Waals surface area contributed by atoms with Gasteiger partial charge in [-0.25, -0.2) is 13.4 Å². The Bertz CT molecular complexity index is 784. The molecule has 0 bridgehead atoms. The van der Waals surface area contributed by atoms with Crippen molar-refractivity contribution in [2.45, 2.75) is 18.6 Å². The molecule has 1 aromatic heterocycles. The van der Waals surface area contributed by atoms with Crippen molar-refractivity contribution in [2.75, 3.05) is 6.26 Å². The van der Waals surface area contributed by atoms with E-state index in [4.69, 9.17) is 5.26 Å². The molecule has 0 saturated heterocycles. The zero-order valence-corrected chi connectivity index (χ0v) is 13.0. The third-order valence-corrected chi connectivity index (χ3v) is 6.58. The Morgan fingerprint density at radius 1 is 1.35 bits per heavy atom. The molecule has 104 valence electrons. The van der Waals surface area contributed by atoms with Gasteiger partial charge < -0.3 is 0 Å². The van der Waals surface area contributed by atoms with E-state index in [0.29, 0.717) is 16.3 Å². The topological polar surface area (TPSA) is 70.8 Å². The molecule has 6 heteroatoms. The molecular formula is C14H14N2O2S2. The summed E-state index contributed by atoms with van der Waals surface area (Å²) in [5.41, 5.74) is 2.06. The van der Waals surface area contributed by atoms with Crippen molar-refractivity contribution in [3.05, 3.63) is 40.2 Å². The summed E-state index contributed by atoms with van der Waals surface area (Å²) < 4.78 is 22.6. The number of aromatic nitrogens is 1. The van der Waals surface area contributed by atoms with Crippen LogP contribution in [0.3, 0.4) is 0 Å². The molecule has 1 heterocycles. The van der Waals surface area contributed by atoms with Crippen LogP contribution in [-0.2, 0) is 14.6 Å². The van der Waals surface area contributed by atoms with E-state index in [1.165, 1.54) is 17.6 Å². The molecule has 1 aromatic carbocycles. The maximum absolute atomic E-state index is 11.8. The summed E-state index contributed by atoms with van der Waals surface area (Å²) >= 11 is 1.32. The largest absolute Gasteiger partial charge is 0.240 e. The van der Waals surface area contributed by atoms with E-state index >= 15 is 0 Å². The fourth-order valence-corrected chi connectivity index (χ4v) is 3.40. The van der Waals surface area contributed by atoms with Crippen molar-refractivity contribution in [3.63, 3.8) is 0 Å². The molecule has 0 amide bonds. The molecule has 0 aliphatic carbocycles. The van der Waals surface area contributed by atoms with E-state index in [1.807, 2.05) is 11.4 Å². The molecule has 0 aliphatic heterocycles. The van der Waals surface area contributed by atoms with Gasteiger partial charge in [0.2, 0.25) is 0 Å². The number of nitriles is 1. The fraction of sp³-hybridized carbons (Fsp3) is 0.286. The number of sulfone groups is 1. The maximum atomic E-state index is 11.8.